The van der Waals surface area contributed by atoms with Crippen LogP contribution < -0.4 is 19.6 Å². The van der Waals surface area contributed by atoms with Gasteiger partial charge in [-0.2, -0.15) is 5.10 Å². The number of nitrogens with zero attached hydrogens (tertiary/aromatic N) is 2. The number of benzene rings is 2. The van der Waals surface area contributed by atoms with Crippen LogP contribution >= 0.6 is 11.8 Å². The number of thioether (sulfide) groups is 1. The van der Waals surface area contributed by atoms with Crippen LogP contribution in [0.4, 0.5) is 0 Å². The summed E-state index contributed by atoms with van der Waals surface area (Å²) < 4.78 is 16.0. The summed E-state index contributed by atoms with van der Waals surface area (Å²) in [6.45, 7) is 3.99. The zero-order valence-electron chi connectivity index (χ0n) is 18.2. The van der Waals surface area contributed by atoms with Gasteiger partial charge in [-0.25, -0.2) is 5.43 Å². The number of aryl methyl sites for hydroxylation is 2. The molecule has 0 unspecified atom stereocenters. The Morgan fingerprint density at radius 1 is 1.10 bits per heavy atom. The number of fused-ring (bicyclic) bond motifs is 1. The number of rotatable bonds is 8. The van der Waals surface area contributed by atoms with E-state index in [1.54, 1.807) is 33.5 Å². The fourth-order valence-corrected chi connectivity index (χ4v) is 4.06. The molecule has 162 valence electrons. The Kier molecular flexibility index (Phi) is 7.36. The first kappa shape index (κ1) is 22.4. The molecule has 0 aliphatic carbocycles. The van der Waals surface area contributed by atoms with Crippen LogP contribution in [-0.4, -0.2) is 44.2 Å². The SMILES string of the molecule is COc1cc(/C=N\NC(=O)CSc2cc(C)nc3c(C)cccc23)cc(OC)c1OC. The Labute approximate surface area is 185 Å². The maximum atomic E-state index is 12.3. The Hall–Kier alpha value is -3.26. The standard InChI is InChI=1S/C23H25N3O4S/c1-14-7-6-8-17-20(9-15(2)25-22(14)17)31-13-21(27)26-24-12-16-10-18(28-3)23(30-5)19(11-16)29-4/h6-12H,13H2,1-5H3,(H,26,27)/b24-12-. The number of carbonyl (C=O) groups excluding carboxylic acids is 1. The molecule has 8 heteroatoms. The van der Waals surface area contributed by atoms with E-state index >= 15 is 0 Å². The van der Waals surface area contributed by atoms with Crippen molar-refractivity contribution in [2.24, 2.45) is 5.10 Å². The summed E-state index contributed by atoms with van der Waals surface area (Å²) in [5.74, 6) is 1.56. The van der Waals surface area contributed by atoms with Gasteiger partial charge in [0.1, 0.15) is 0 Å². The molecule has 31 heavy (non-hydrogen) atoms. The van der Waals surface area contributed by atoms with E-state index in [9.17, 15) is 4.79 Å². The predicted octanol–water partition coefficient (Wildman–Crippen LogP) is 4.12. The van der Waals surface area contributed by atoms with Gasteiger partial charge < -0.3 is 14.2 Å². The number of nitrogens with one attached hydrogen (secondary N) is 1. The van der Waals surface area contributed by atoms with Gasteiger partial charge in [0.05, 0.1) is 38.8 Å². The van der Waals surface area contributed by atoms with Crippen LogP contribution in [0, 0.1) is 13.8 Å². The van der Waals surface area contributed by atoms with Crippen molar-refractivity contribution >= 4 is 34.8 Å². The normalized spacial score (nSPS) is 11.0. The second kappa shape index (κ2) is 10.2. The molecule has 0 fully saturated rings. The number of hydrogen-bond acceptors (Lipinski definition) is 7. The first-order valence-corrected chi connectivity index (χ1v) is 10.6. The highest BCUT2D eigenvalue weighted by Gasteiger charge is 2.13. The lowest BCUT2D eigenvalue weighted by molar-refractivity contribution is -0.118. The lowest BCUT2D eigenvalue weighted by Crippen LogP contribution is -2.19. The molecular weight excluding hydrogens is 414 g/mol. The highest BCUT2D eigenvalue weighted by atomic mass is 32.2. The average molecular weight is 440 g/mol. The summed E-state index contributed by atoms with van der Waals surface area (Å²) in [7, 11) is 4.63. The molecule has 0 aliphatic rings. The summed E-state index contributed by atoms with van der Waals surface area (Å²) >= 11 is 1.46. The smallest absolute Gasteiger partial charge is 0.250 e. The van der Waals surface area contributed by atoms with Gasteiger partial charge in [0.2, 0.25) is 11.7 Å². The van der Waals surface area contributed by atoms with Gasteiger partial charge in [0.15, 0.2) is 11.5 Å². The minimum atomic E-state index is -0.205. The van der Waals surface area contributed by atoms with Gasteiger partial charge in [-0.3, -0.25) is 9.78 Å². The molecule has 0 aliphatic heterocycles. The van der Waals surface area contributed by atoms with E-state index in [-0.39, 0.29) is 11.7 Å². The highest BCUT2D eigenvalue weighted by molar-refractivity contribution is 8.00. The van der Waals surface area contributed by atoms with Crippen LogP contribution in [0.5, 0.6) is 17.2 Å². The fourth-order valence-electron chi connectivity index (χ4n) is 3.13. The highest BCUT2D eigenvalue weighted by Crippen LogP contribution is 2.37. The monoisotopic (exact) mass is 439 g/mol. The molecule has 0 atom stereocenters. The van der Waals surface area contributed by atoms with Crippen molar-refractivity contribution in [2.45, 2.75) is 18.7 Å². The molecule has 0 bridgehead atoms. The Morgan fingerprint density at radius 3 is 2.45 bits per heavy atom. The van der Waals surface area contributed by atoms with Gasteiger partial charge in [-0.1, -0.05) is 18.2 Å². The van der Waals surface area contributed by atoms with Gasteiger partial charge in [0, 0.05) is 21.5 Å². The van der Waals surface area contributed by atoms with E-state index in [1.165, 1.54) is 18.0 Å². The molecule has 0 saturated heterocycles. The zero-order valence-corrected chi connectivity index (χ0v) is 19.0. The number of hydrazone groups is 1. The molecule has 0 radical (unpaired) electrons. The van der Waals surface area contributed by atoms with Gasteiger partial charge in [-0.15, -0.1) is 11.8 Å². The first-order chi connectivity index (χ1) is 15.0. The number of amides is 1. The maximum absolute atomic E-state index is 12.3. The number of hydrogen-bond donors (Lipinski definition) is 1. The van der Waals surface area contributed by atoms with Crippen molar-refractivity contribution < 1.29 is 19.0 Å². The number of carbonyl (C=O) groups is 1. The molecular formula is C23H25N3O4S. The maximum Gasteiger partial charge on any atom is 0.250 e. The first-order valence-electron chi connectivity index (χ1n) is 9.58. The molecule has 1 aromatic heterocycles. The lowest BCUT2D eigenvalue weighted by Gasteiger charge is -2.12. The molecule has 1 heterocycles. The minimum absolute atomic E-state index is 0.205. The van der Waals surface area contributed by atoms with Crippen LogP contribution in [0.2, 0.25) is 0 Å². The quantitative estimate of drug-likeness (QED) is 0.323. The van der Waals surface area contributed by atoms with Gasteiger partial charge in [-0.05, 0) is 37.6 Å². The minimum Gasteiger partial charge on any atom is -0.493 e. The summed E-state index contributed by atoms with van der Waals surface area (Å²) in [6.07, 6.45) is 1.53. The van der Waals surface area contributed by atoms with Crippen molar-refractivity contribution in [3.8, 4) is 17.2 Å². The number of methoxy groups -OCH3 is 3. The predicted molar refractivity (Wildman–Crippen MR) is 124 cm³/mol. The molecule has 7 nitrogen and oxygen atoms in total. The molecule has 0 saturated carbocycles. The third-order valence-electron chi connectivity index (χ3n) is 4.58. The fraction of sp³-hybridized carbons (Fsp3) is 0.261. The van der Waals surface area contributed by atoms with Crippen LogP contribution in [0.1, 0.15) is 16.8 Å². The number of ether oxygens (including phenoxy) is 3. The van der Waals surface area contributed by atoms with Crippen LogP contribution in [-0.2, 0) is 4.79 Å². The molecule has 1 amide bonds. The average Bonchev–Trinajstić information content (AvgIpc) is 2.77. The van der Waals surface area contributed by atoms with Crippen molar-refractivity contribution in [3.05, 3.63) is 53.2 Å². The Morgan fingerprint density at radius 2 is 1.81 bits per heavy atom. The van der Waals surface area contributed by atoms with E-state index in [0.717, 1.165) is 27.1 Å². The second-order valence-electron chi connectivity index (χ2n) is 6.77. The van der Waals surface area contributed by atoms with E-state index in [2.05, 4.69) is 15.5 Å². The largest absolute Gasteiger partial charge is 0.493 e. The Bertz CT molecular complexity index is 1110. The Balaban J connectivity index is 1.67. The van der Waals surface area contributed by atoms with Crippen molar-refractivity contribution in [1.29, 1.82) is 0 Å². The van der Waals surface area contributed by atoms with E-state index in [0.29, 0.717) is 22.8 Å². The van der Waals surface area contributed by atoms with Crippen molar-refractivity contribution in [1.82, 2.24) is 10.4 Å². The summed E-state index contributed by atoms with van der Waals surface area (Å²) in [6, 6.07) is 11.6. The summed E-state index contributed by atoms with van der Waals surface area (Å²) in [5, 5.41) is 5.10. The topological polar surface area (TPSA) is 82.0 Å². The molecule has 0 spiro atoms. The third kappa shape index (κ3) is 5.27. The molecule has 3 rings (SSSR count). The lowest BCUT2D eigenvalue weighted by atomic mass is 10.1. The number of para-hydroxylation sites is 1. The molecule has 1 N–H and O–H groups in total. The summed E-state index contributed by atoms with van der Waals surface area (Å²) in [5.41, 5.74) is 6.26. The van der Waals surface area contributed by atoms with Gasteiger partial charge in [0.25, 0.3) is 0 Å². The molecule has 2 aromatic carbocycles. The van der Waals surface area contributed by atoms with Crippen LogP contribution in [0.25, 0.3) is 10.9 Å². The number of aromatic nitrogens is 1. The summed E-state index contributed by atoms with van der Waals surface area (Å²) in [4.78, 5) is 18.0. The van der Waals surface area contributed by atoms with Gasteiger partial charge >= 0.3 is 0 Å². The van der Waals surface area contributed by atoms with E-state index in [1.807, 2.05) is 38.1 Å². The van der Waals surface area contributed by atoms with E-state index in [4.69, 9.17) is 14.2 Å². The van der Waals surface area contributed by atoms with Crippen LogP contribution in [0.3, 0.4) is 0 Å². The third-order valence-corrected chi connectivity index (χ3v) is 5.64. The molecule has 3 aromatic rings. The number of pyridine rings is 1. The second-order valence-corrected chi connectivity index (χ2v) is 7.79. The zero-order chi connectivity index (χ0) is 22.4. The van der Waals surface area contributed by atoms with Crippen molar-refractivity contribution in [2.75, 3.05) is 27.1 Å². The van der Waals surface area contributed by atoms with E-state index < -0.39 is 0 Å². The van der Waals surface area contributed by atoms with Crippen LogP contribution in [0.15, 0.2) is 46.4 Å². The van der Waals surface area contributed by atoms with Crippen molar-refractivity contribution in [3.63, 3.8) is 0 Å².